The van der Waals surface area contributed by atoms with Crippen LogP contribution in [0.2, 0.25) is 0 Å². The smallest absolute Gasteiger partial charge is 0.348 e. The highest BCUT2D eigenvalue weighted by atomic mass is 19.2. The van der Waals surface area contributed by atoms with E-state index in [0.717, 1.165) is 10.9 Å². The zero-order chi connectivity index (χ0) is 15.4. The highest BCUT2D eigenvalue weighted by molar-refractivity contribution is 5.81. The molecule has 114 valence electrons. The lowest BCUT2D eigenvalue weighted by molar-refractivity contribution is -0.195. The summed E-state index contributed by atoms with van der Waals surface area (Å²) in [6, 6.07) is 0. The van der Waals surface area contributed by atoms with E-state index in [2.05, 4.69) is 15.0 Å². The zero-order valence-electron chi connectivity index (χ0n) is 10.5. The second-order valence-electron chi connectivity index (χ2n) is 4.66. The van der Waals surface area contributed by atoms with E-state index in [1.54, 1.807) is 0 Å². The number of hydrogen-bond acceptors (Lipinski definition) is 8. The van der Waals surface area contributed by atoms with Crippen LogP contribution in [0, 0.1) is 0 Å². The van der Waals surface area contributed by atoms with Crippen molar-refractivity contribution in [1.82, 2.24) is 19.5 Å². The molecule has 1 saturated heterocycles. The lowest BCUT2D eigenvalue weighted by atomic mass is 10.1. The van der Waals surface area contributed by atoms with Crippen LogP contribution < -0.4 is 11.4 Å². The van der Waals surface area contributed by atoms with E-state index in [9.17, 15) is 19.4 Å². The van der Waals surface area contributed by atoms with E-state index in [1.165, 1.54) is 0 Å². The minimum atomic E-state index is -3.19. The monoisotopic (exact) mass is 301 g/mol. The number of alkyl halides is 1. The Morgan fingerprint density at radius 2 is 2.33 bits per heavy atom. The number of aliphatic hydroxyl groups excluding tert-OH is 2. The molecule has 0 saturated carbocycles. The quantitative estimate of drug-likeness (QED) is 0.411. The molecule has 0 bridgehead atoms. The molecule has 1 aliphatic heterocycles. The maximum atomic E-state index is 14.3. The normalized spacial score (nSPS) is 32.9. The van der Waals surface area contributed by atoms with Crippen LogP contribution in [0.1, 0.15) is 6.23 Å². The first-order valence-electron chi connectivity index (χ1n) is 5.94. The maximum absolute atomic E-state index is 14.3. The molecule has 1 aliphatic rings. The Hall–Kier alpha value is -2.08. The van der Waals surface area contributed by atoms with Gasteiger partial charge in [-0.05, 0) is 0 Å². The van der Waals surface area contributed by atoms with Crippen molar-refractivity contribution in [2.45, 2.75) is 24.3 Å². The van der Waals surface area contributed by atoms with Crippen LogP contribution in [0.25, 0.3) is 11.2 Å². The van der Waals surface area contributed by atoms with Crippen LogP contribution in [-0.2, 0) is 4.74 Å². The molecular formula is C10H12FN5O5. The van der Waals surface area contributed by atoms with Crippen molar-refractivity contribution < 1.29 is 24.4 Å². The van der Waals surface area contributed by atoms with Crippen LogP contribution in [0.4, 0.5) is 10.2 Å². The number of aromatic nitrogens is 4. The van der Waals surface area contributed by atoms with Gasteiger partial charge >= 0.3 is 5.69 Å². The van der Waals surface area contributed by atoms with E-state index in [1.807, 2.05) is 0 Å². The third-order valence-corrected chi connectivity index (χ3v) is 3.32. The fourth-order valence-corrected chi connectivity index (χ4v) is 2.27. The summed E-state index contributed by atoms with van der Waals surface area (Å²) in [5.41, 5.74) is 4.73. The van der Waals surface area contributed by atoms with Crippen molar-refractivity contribution in [3.8, 4) is 0 Å². The number of imidazole rings is 1. The molecule has 11 heteroatoms. The summed E-state index contributed by atoms with van der Waals surface area (Å²) in [7, 11) is 0. The van der Waals surface area contributed by atoms with Gasteiger partial charge in [-0.1, -0.05) is 0 Å². The predicted molar refractivity (Wildman–Crippen MR) is 65.6 cm³/mol. The van der Waals surface area contributed by atoms with Crippen molar-refractivity contribution in [2.75, 3.05) is 12.3 Å². The van der Waals surface area contributed by atoms with E-state index < -0.39 is 36.6 Å². The highest BCUT2D eigenvalue weighted by Crippen LogP contribution is 2.40. The first-order valence-corrected chi connectivity index (χ1v) is 5.94. The van der Waals surface area contributed by atoms with Crippen LogP contribution in [0.15, 0.2) is 11.1 Å². The molecule has 0 unspecified atom stereocenters. The van der Waals surface area contributed by atoms with Gasteiger partial charge in [0.2, 0.25) is 0 Å². The number of H-pyrrole nitrogens is 1. The zero-order valence-corrected chi connectivity index (χ0v) is 10.5. The molecular weight excluding hydrogens is 289 g/mol. The van der Waals surface area contributed by atoms with Crippen molar-refractivity contribution >= 4 is 17.0 Å². The second kappa shape index (κ2) is 4.46. The van der Waals surface area contributed by atoms with Crippen molar-refractivity contribution in [3.05, 3.63) is 16.8 Å². The Morgan fingerprint density at radius 3 is 2.95 bits per heavy atom. The summed E-state index contributed by atoms with van der Waals surface area (Å²) in [4.78, 5) is 21.0. The van der Waals surface area contributed by atoms with Crippen LogP contribution in [0.5, 0.6) is 0 Å². The average Bonchev–Trinajstić information content (AvgIpc) is 2.91. The maximum Gasteiger partial charge on any atom is 0.348 e. The molecule has 21 heavy (non-hydrogen) atoms. The number of rotatable bonds is 2. The summed E-state index contributed by atoms with van der Waals surface area (Å²) in [6.45, 7) is -0.702. The molecule has 0 aliphatic carbocycles. The molecule has 2 aromatic rings. The molecule has 1 fully saturated rings. The number of halogens is 1. The molecule has 0 amide bonds. The topological polar surface area (TPSA) is 160 Å². The predicted octanol–water partition coefficient (Wildman–Crippen LogP) is -2.39. The van der Waals surface area contributed by atoms with E-state index >= 15 is 0 Å². The van der Waals surface area contributed by atoms with Crippen molar-refractivity contribution in [3.63, 3.8) is 0 Å². The molecule has 3 rings (SSSR count). The number of hydrogen-bond donors (Lipinski definition) is 5. The van der Waals surface area contributed by atoms with Gasteiger partial charge in [-0.3, -0.25) is 9.55 Å². The number of nitrogens with one attached hydrogen (secondary N) is 1. The van der Waals surface area contributed by atoms with Gasteiger partial charge in [0.25, 0.3) is 5.85 Å². The molecule has 10 nitrogen and oxygen atoms in total. The van der Waals surface area contributed by atoms with E-state index in [0.29, 0.717) is 0 Å². The molecule has 0 aromatic carbocycles. The summed E-state index contributed by atoms with van der Waals surface area (Å²) in [5.74, 6) is -3.27. The number of fused-ring (bicyclic) bond motifs is 1. The standard InChI is InChI=1S/C10H12FN5O5/c11-10(20)5(18)3(1-17)21-8(10)16-2-13-4-6(12)14-9(19)15-7(4)16/h2-3,5,8,17-18,20H,1H2,(H3,12,14,15,19)/t3-,5-,8-,10-/m1/s1. The number of anilines is 1. The largest absolute Gasteiger partial charge is 0.394 e. The molecule has 0 radical (unpaired) electrons. The molecule has 6 N–H and O–H groups in total. The SMILES string of the molecule is Nc1[nH]c(=O)nc2c1ncn2[C@@H]1O[C@H](CO)[C@@H](O)[C@]1(O)F. The first-order chi connectivity index (χ1) is 9.86. The van der Waals surface area contributed by atoms with Crippen LogP contribution in [-0.4, -0.2) is 59.5 Å². The van der Waals surface area contributed by atoms with Crippen molar-refractivity contribution in [2.24, 2.45) is 0 Å². The molecule has 4 atom stereocenters. The molecule has 0 spiro atoms. The average molecular weight is 301 g/mol. The minimum Gasteiger partial charge on any atom is -0.394 e. The summed E-state index contributed by atoms with van der Waals surface area (Å²) in [6.07, 6.45) is -3.97. The van der Waals surface area contributed by atoms with Gasteiger partial charge in [0.1, 0.15) is 23.5 Å². The third-order valence-electron chi connectivity index (χ3n) is 3.32. The number of aliphatic hydroxyl groups is 3. The van der Waals surface area contributed by atoms with Crippen LogP contribution in [0.3, 0.4) is 0 Å². The highest BCUT2D eigenvalue weighted by Gasteiger charge is 2.57. The fourth-order valence-electron chi connectivity index (χ4n) is 2.27. The number of nitrogens with zero attached hydrogens (tertiary/aromatic N) is 3. The molecule has 2 aromatic heterocycles. The number of aromatic amines is 1. The number of nitrogens with two attached hydrogens (primary N) is 1. The van der Waals surface area contributed by atoms with Gasteiger partial charge in [0, 0.05) is 0 Å². The molecule has 3 heterocycles. The first kappa shape index (κ1) is 13.9. The Labute approximate surface area is 115 Å². The number of ether oxygens (including phenoxy) is 1. The second-order valence-corrected chi connectivity index (χ2v) is 4.66. The van der Waals surface area contributed by atoms with Gasteiger partial charge in [0.15, 0.2) is 11.9 Å². The lowest BCUT2D eigenvalue weighted by Gasteiger charge is -2.22. The fraction of sp³-hybridized carbons (Fsp3) is 0.500. The van der Waals surface area contributed by atoms with E-state index in [4.69, 9.17) is 15.6 Å². The van der Waals surface area contributed by atoms with Gasteiger partial charge in [-0.2, -0.15) is 4.98 Å². The van der Waals surface area contributed by atoms with Gasteiger partial charge < -0.3 is 25.8 Å². The Bertz CT molecular complexity index is 743. The van der Waals surface area contributed by atoms with Gasteiger partial charge in [-0.15, -0.1) is 0 Å². The van der Waals surface area contributed by atoms with Crippen LogP contribution >= 0.6 is 0 Å². The third kappa shape index (κ3) is 1.90. The summed E-state index contributed by atoms with van der Waals surface area (Å²) < 4.78 is 20.3. The number of nitrogen functional groups attached to an aromatic ring is 1. The van der Waals surface area contributed by atoms with E-state index in [-0.39, 0.29) is 17.0 Å². The Balaban J connectivity index is 2.15. The Kier molecular flexibility index (Phi) is 2.95. The summed E-state index contributed by atoms with van der Waals surface area (Å²) >= 11 is 0. The van der Waals surface area contributed by atoms with Gasteiger partial charge in [0.05, 0.1) is 12.9 Å². The Morgan fingerprint density at radius 1 is 1.62 bits per heavy atom. The minimum absolute atomic E-state index is 0.0796. The van der Waals surface area contributed by atoms with Crippen molar-refractivity contribution in [1.29, 1.82) is 0 Å². The lowest BCUT2D eigenvalue weighted by Crippen LogP contribution is -2.43. The van der Waals surface area contributed by atoms with Gasteiger partial charge in [-0.25, -0.2) is 14.2 Å². The summed E-state index contributed by atoms with van der Waals surface area (Å²) in [5, 5.41) is 28.4.